The number of aromatic nitrogens is 2. The molecule has 0 aliphatic carbocycles. The van der Waals surface area contributed by atoms with Crippen molar-refractivity contribution >= 4 is 43.6 Å². The van der Waals surface area contributed by atoms with Crippen LogP contribution in [0.1, 0.15) is 12.6 Å². The van der Waals surface area contributed by atoms with Crippen LogP contribution in [0, 0.1) is 0 Å². The number of hydrogen-bond donors (Lipinski definition) is 0. The summed E-state index contributed by atoms with van der Waals surface area (Å²) in [5, 5.41) is 1.96. The number of imidazole rings is 1. The van der Waals surface area contributed by atoms with Crippen molar-refractivity contribution in [3.63, 3.8) is 0 Å². The van der Waals surface area contributed by atoms with Crippen LogP contribution < -0.4 is 4.90 Å². The molecule has 8 heteroatoms. The number of nitrogens with zero attached hydrogens (tertiary/aromatic N) is 3. The zero-order chi connectivity index (χ0) is 13.6. The molecule has 0 bridgehead atoms. The number of sulfone groups is 1. The van der Waals surface area contributed by atoms with Crippen LogP contribution in [0.15, 0.2) is 11.6 Å². The third-order valence-electron chi connectivity index (χ3n) is 3.41. The number of fused-ring (bicyclic) bond motifs is 1. The molecular formula is C11H14ClN3O2S2. The quantitative estimate of drug-likeness (QED) is 0.792. The molecule has 1 atom stereocenters. The number of anilines is 1. The fourth-order valence-electron chi connectivity index (χ4n) is 2.49. The van der Waals surface area contributed by atoms with Gasteiger partial charge in [0.15, 0.2) is 20.6 Å². The van der Waals surface area contributed by atoms with Crippen molar-refractivity contribution in [2.45, 2.75) is 18.8 Å². The Balaban J connectivity index is 2.02. The first-order valence-electron chi connectivity index (χ1n) is 5.99. The normalized spacial score (nSPS) is 23.1. The molecule has 1 saturated heterocycles. The highest BCUT2D eigenvalue weighted by Gasteiger charge is 2.31. The van der Waals surface area contributed by atoms with Gasteiger partial charge in [-0.15, -0.1) is 22.9 Å². The van der Waals surface area contributed by atoms with E-state index < -0.39 is 9.84 Å². The standard InChI is InChI=1S/C11H14ClN3O2S2/c1-8-7-19(16,17)5-3-14(8)10-9(6-12)15-2-4-18-11(15)13-10/h2,4,8H,3,5-7H2,1H3. The second-order valence-electron chi connectivity index (χ2n) is 4.73. The summed E-state index contributed by atoms with van der Waals surface area (Å²) in [7, 11) is -2.92. The summed E-state index contributed by atoms with van der Waals surface area (Å²) >= 11 is 7.58. The SMILES string of the molecule is CC1CS(=O)(=O)CCN1c1nc2sccn2c1CCl. The summed E-state index contributed by atoms with van der Waals surface area (Å²) in [4.78, 5) is 7.54. The first kappa shape index (κ1) is 13.2. The zero-order valence-electron chi connectivity index (χ0n) is 10.4. The van der Waals surface area contributed by atoms with E-state index in [2.05, 4.69) is 9.88 Å². The predicted octanol–water partition coefficient (Wildman–Crippen LogP) is 1.76. The van der Waals surface area contributed by atoms with Crippen LogP contribution in [0.2, 0.25) is 0 Å². The average molecular weight is 320 g/mol. The van der Waals surface area contributed by atoms with Gasteiger partial charge in [-0.25, -0.2) is 13.4 Å². The van der Waals surface area contributed by atoms with Gasteiger partial charge in [-0.05, 0) is 6.92 Å². The summed E-state index contributed by atoms with van der Waals surface area (Å²) in [6, 6.07) is -0.0645. The van der Waals surface area contributed by atoms with E-state index in [9.17, 15) is 8.42 Å². The number of hydrogen-bond acceptors (Lipinski definition) is 5. The molecule has 1 aliphatic heterocycles. The molecule has 3 heterocycles. The van der Waals surface area contributed by atoms with Crippen LogP contribution in [-0.2, 0) is 15.7 Å². The molecule has 0 N–H and O–H groups in total. The highest BCUT2D eigenvalue weighted by molar-refractivity contribution is 7.91. The van der Waals surface area contributed by atoms with Crippen LogP contribution in [0.4, 0.5) is 5.82 Å². The summed E-state index contributed by atoms with van der Waals surface area (Å²) in [5.41, 5.74) is 0.934. The minimum Gasteiger partial charge on any atom is -0.350 e. The van der Waals surface area contributed by atoms with Gasteiger partial charge in [0, 0.05) is 24.2 Å². The Hall–Kier alpha value is -0.790. The van der Waals surface area contributed by atoms with E-state index >= 15 is 0 Å². The summed E-state index contributed by atoms with van der Waals surface area (Å²) < 4.78 is 25.3. The highest BCUT2D eigenvalue weighted by Crippen LogP contribution is 2.29. The van der Waals surface area contributed by atoms with Gasteiger partial charge in [-0.1, -0.05) is 0 Å². The lowest BCUT2D eigenvalue weighted by atomic mass is 10.3. The van der Waals surface area contributed by atoms with Crippen molar-refractivity contribution in [1.82, 2.24) is 9.38 Å². The monoisotopic (exact) mass is 319 g/mol. The van der Waals surface area contributed by atoms with Crippen LogP contribution in [0.3, 0.4) is 0 Å². The zero-order valence-corrected chi connectivity index (χ0v) is 12.8. The second kappa shape index (κ2) is 4.64. The smallest absolute Gasteiger partial charge is 0.195 e. The third kappa shape index (κ3) is 2.23. The maximum Gasteiger partial charge on any atom is 0.195 e. The van der Waals surface area contributed by atoms with Crippen molar-refractivity contribution in [3.8, 4) is 0 Å². The Labute approximate surface area is 120 Å². The van der Waals surface area contributed by atoms with Crippen LogP contribution in [0.25, 0.3) is 4.96 Å². The minimum absolute atomic E-state index is 0.0645. The van der Waals surface area contributed by atoms with Crippen LogP contribution >= 0.6 is 22.9 Å². The lowest BCUT2D eigenvalue weighted by Gasteiger charge is -2.33. The Bertz CT molecular complexity index is 707. The van der Waals surface area contributed by atoms with E-state index in [1.165, 1.54) is 0 Å². The lowest BCUT2D eigenvalue weighted by Crippen LogP contribution is -2.47. The Morgan fingerprint density at radius 1 is 1.58 bits per heavy atom. The van der Waals surface area contributed by atoms with Crippen molar-refractivity contribution in [2.24, 2.45) is 0 Å². The van der Waals surface area contributed by atoms with Crippen molar-refractivity contribution < 1.29 is 8.42 Å². The van der Waals surface area contributed by atoms with E-state index in [1.54, 1.807) is 11.3 Å². The molecule has 19 heavy (non-hydrogen) atoms. The van der Waals surface area contributed by atoms with Crippen LogP contribution in [0.5, 0.6) is 0 Å². The summed E-state index contributed by atoms with van der Waals surface area (Å²) in [6.45, 7) is 2.40. The number of halogens is 1. The molecular weight excluding hydrogens is 306 g/mol. The Morgan fingerprint density at radius 2 is 2.37 bits per heavy atom. The second-order valence-corrected chi connectivity index (χ2v) is 8.10. The van der Waals surface area contributed by atoms with Gasteiger partial charge in [0.25, 0.3) is 0 Å². The molecule has 1 unspecified atom stereocenters. The fourth-order valence-corrected chi connectivity index (χ4v) is 5.02. The molecule has 0 aromatic carbocycles. The van der Waals surface area contributed by atoms with Gasteiger partial charge in [0.2, 0.25) is 0 Å². The molecule has 0 amide bonds. The Morgan fingerprint density at radius 3 is 3.05 bits per heavy atom. The van der Waals surface area contributed by atoms with Gasteiger partial charge in [-0.3, -0.25) is 4.40 Å². The molecule has 2 aromatic rings. The molecule has 1 aliphatic rings. The van der Waals surface area contributed by atoms with Gasteiger partial charge >= 0.3 is 0 Å². The third-order valence-corrected chi connectivity index (χ3v) is 6.21. The number of alkyl halides is 1. The molecule has 1 fully saturated rings. The summed E-state index contributed by atoms with van der Waals surface area (Å²) in [6.07, 6.45) is 1.94. The van der Waals surface area contributed by atoms with Crippen molar-refractivity contribution in [3.05, 3.63) is 17.3 Å². The van der Waals surface area contributed by atoms with E-state index in [0.29, 0.717) is 12.4 Å². The molecule has 0 radical (unpaired) electrons. The maximum atomic E-state index is 11.6. The Kier molecular flexibility index (Phi) is 3.23. The summed E-state index contributed by atoms with van der Waals surface area (Å²) in [5.74, 6) is 1.55. The molecule has 5 nitrogen and oxygen atoms in total. The lowest BCUT2D eigenvalue weighted by molar-refractivity contribution is 0.566. The number of thiazole rings is 1. The largest absolute Gasteiger partial charge is 0.350 e. The predicted molar refractivity (Wildman–Crippen MR) is 78.1 cm³/mol. The first-order valence-corrected chi connectivity index (χ1v) is 9.23. The first-order chi connectivity index (χ1) is 9.02. The minimum atomic E-state index is -2.92. The highest BCUT2D eigenvalue weighted by atomic mass is 35.5. The molecule has 2 aromatic heterocycles. The fraction of sp³-hybridized carbons (Fsp3) is 0.545. The van der Waals surface area contributed by atoms with Gasteiger partial charge in [-0.2, -0.15) is 0 Å². The molecule has 104 valence electrons. The van der Waals surface area contributed by atoms with E-state index in [-0.39, 0.29) is 17.5 Å². The van der Waals surface area contributed by atoms with Crippen molar-refractivity contribution in [1.29, 1.82) is 0 Å². The van der Waals surface area contributed by atoms with Gasteiger partial charge < -0.3 is 4.90 Å². The maximum absolute atomic E-state index is 11.6. The van der Waals surface area contributed by atoms with E-state index in [1.807, 2.05) is 22.9 Å². The molecule has 3 rings (SSSR count). The van der Waals surface area contributed by atoms with E-state index in [4.69, 9.17) is 11.6 Å². The van der Waals surface area contributed by atoms with Crippen LogP contribution in [-0.4, -0.2) is 41.9 Å². The van der Waals surface area contributed by atoms with Gasteiger partial charge in [0.05, 0.1) is 23.1 Å². The topological polar surface area (TPSA) is 54.7 Å². The van der Waals surface area contributed by atoms with Gasteiger partial charge in [0.1, 0.15) is 0 Å². The molecule has 0 saturated carbocycles. The number of rotatable bonds is 2. The molecule has 0 spiro atoms. The van der Waals surface area contributed by atoms with Crippen molar-refractivity contribution in [2.75, 3.05) is 23.0 Å². The van der Waals surface area contributed by atoms with E-state index in [0.717, 1.165) is 16.5 Å². The average Bonchev–Trinajstić information content (AvgIpc) is 2.87.